The van der Waals surface area contributed by atoms with Crippen LogP contribution in [0.1, 0.15) is 66.4 Å². The molecule has 8 aromatic carbocycles. The molecule has 0 radical (unpaired) electrons. The number of hydrogen-bond acceptors (Lipinski definition) is 5. The average molecular weight is 881 g/mol. The van der Waals surface area contributed by atoms with Crippen molar-refractivity contribution >= 4 is 39.9 Å². The molecule has 3 heterocycles. The standard InChI is InChI=1S/C62H54N4O/c1-61(2,3)44-34-35-63-59(38-44)66-55-29-16-15-28-51(55)49-26-13-14-27-50(49)52-33-32-48(40-58(52)66)67-47-25-19-24-46(39-47)64-41-65(57-31-18-17-30-56(57)64)60-53(42-20-9-7-10-21-42)36-45(62(4,5)6)37-54(60)43-22-11-8-12-23-43/h7-40H,41H2,1-6H3/i7D,8D,9D,10D,11D,12D,20D,21D,22D,23D. The Balaban J connectivity index is 1.06. The summed E-state index contributed by atoms with van der Waals surface area (Å²) in [5.74, 6) is 1.90. The maximum Gasteiger partial charge on any atom is 0.137 e. The van der Waals surface area contributed by atoms with Gasteiger partial charge in [0, 0.05) is 46.3 Å². The summed E-state index contributed by atoms with van der Waals surface area (Å²) >= 11 is 0. The fourth-order valence-electron chi connectivity index (χ4n) is 9.21. The zero-order chi connectivity index (χ0) is 54.6. The van der Waals surface area contributed by atoms with Gasteiger partial charge in [-0.3, -0.25) is 4.90 Å². The molecule has 2 aliphatic heterocycles. The van der Waals surface area contributed by atoms with Crippen LogP contribution in [-0.4, -0.2) is 11.7 Å². The lowest BCUT2D eigenvalue weighted by Gasteiger charge is -2.30. The molecule has 67 heavy (non-hydrogen) atoms. The Morgan fingerprint density at radius 3 is 1.64 bits per heavy atom. The van der Waals surface area contributed by atoms with Gasteiger partial charge >= 0.3 is 0 Å². The molecule has 0 amide bonds. The van der Waals surface area contributed by atoms with Gasteiger partial charge in [0.1, 0.15) is 24.0 Å². The van der Waals surface area contributed by atoms with Crippen molar-refractivity contribution in [2.75, 3.05) is 21.4 Å². The zero-order valence-electron chi connectivity index (χ0n) is 48.3. The lowest BCUT2D eigenvalue weighted by atomic mass is 9.82. The van der Waals surface area contributed by atoms with Crippen molar-refractivity contribution in [3.05, 3.63) is 217 Å². The summed E-state index contributed by atoms with van der Waals surface area (Å²) in [4.78, 5) is 11.2. The van der Waals surface area contributed by atoms with Crippen molar-refractivity contribution in [3.8, 4) is 56.0 Å². The Morgan fingerprint density at radius 1 is 0.463 bits per heavy atom. The molecule has 0 unspecified atom stereocenters. The molecule has 0 atom stereocenters. The molecule has 0 saturated heterocycles. The molecule has 1 aromatic heterocycles. The molecule has 9 aromatic rings. The van der Waals surface area contributed by atoms with E-state index in [1.807, 2.05) is 92.5 Å². The van der Waals surface area contributed by atoms with Crippen molar-refractivity contribution in [1.29, 1.82) is 0 Å². The fourth-order valence-corrected chi connectivity index (χ4v) is 9.21. The van der Waals surface area contributed by atoms with E-state index in [0.29, 0.717) is 28.4 Å². The summed E-state index contributed by atoms with van der Waals surface area (Å²) in [6.45, 7) is 12.6. The van der Waals surface area contributed by atoms with E-state index in [4.69, 9.17) is 17.9 Å². The highest BCUT2D eigenvalue weighted by Gasteiger charge is 2.33. The zero-order valence-corrected chi connectivity index (χ0v) is 38.3. The van der Waals surface area contributed by atoms with Crippen LogP contribution in [0.25, 0.3) is 44.5 Å². The number of benzene rings is 8. The van der Waals surface area contributed by atoms with Gasteiger partial charge in [0.2, 0.25) is 0 Å². The number of ether oxygens (including phenoxy) is 1. The number of rotatable bonds is 7. The highest BCUT2D eigenvalue weighted by atomic mass is 16.5. The van der Waals surface area contributed by atoms with E-state index in [1.165, 1.54) is 0 Å². The van der Waals surface area contributed by atoms with E-state index >= 15 is 0 Å². The third-order valence-corrected chi connectivity index (χ3v) is 12.6. The quantitative estimate of drug-likeness (QED) is 0.159. The van der Waals surface area contributed by atoms with E-state index in [1.54, 1.807) is 12.1 Å². The Labute approximate surface area is 409 Å². The second-order valence-corrected chi connectivity index (χ2v) is 19.0. The van der Waals surface area contributed by atoms with Crippen molar-refractivity contribution in [2.45, 2.75) is 52.4 Å². The fraction of sp³-hybridized carbons (Fsp3) is 0.145. The van der Waals surface area contributed by atoms with Gasteiger partial charge in [-0.1, -0.05) is 163 Å². The summed E-state index contributed by atoms with van der Waals surface area (Å²) in [5, 5.41) is 0. The minimum atomic E-state index is -0.614. The van der Waals surface area contributed by atoms with Gasteiger partial charge in [-0.2, -0.15) is 0 Å². The van der Waals surface area contributed by atoms with Crippen molar-refractivity contribution < 1.29 is 18.4 Å². The number of anilines is 7. The topological polar surface area (TPSA) is 31.8 Å². The number of nitrogens with zero attached hydrogens (tertiary/aromatic N) is 4. The van der Waals surface area contributed by atoms with Crippen molar-refractivity contribution in [2.24, 2.45) is 0 Å². The van der Waals surface area contributed by atoms with E-state index in [0.717, 1.165) is 56.4 Å². The molecule has 328 valence electrons. The number of fused-ring (bicyclic) bond motifs is 6. The molecule has 0 fully saturated rings. The first-order valence-corrected chi connectivity index (χ1v) is 22.5. The van der Waals surface area contributed by atoms with Gasteiger partial charge in [-0.15, -0.1) is 0 Å². The van der Waals surface area contributed by atoms with Gasteiger partial charge in [-0.05, 0) is 111 Å². The molecule has 0 N–H and O–H groups in total. The molecule has 5 nitrogen and oxygen atoms in total. The molecular formula is C62H54N4O. The predicted molar refractivity (Wildman–Crippen MR) is 280 cm³/mol. The van der Waals surface area contributed by atoms with Gasteiger partial charge < -0.3 is 14.5 Å². The second kappa shape index (κ2) is 16.5. The normalized spacial score (nSPS) is 15.2. The van der Waals surface area contributed by atoms with Crippen LogP contribution in [-0.2, 0) is 10.8 Å². The number of pyridine rings is 1. The summed E-state index contributed by atoms with van der Waals surface area (Å²) in [5.41, 5.74) is 9.97. The number of aromatic nitrogens is 1. The van der Waals surface area contributed by atoms with Gasteiger partial charge in [0.05, 0.1) is 42.1 Å². The highest BCUT2D eigenvalue weighted by molar-refractivity contribution is 6.03. The first kappa shape index (κ1) is 31.9. The minimum Gasteiger partial charge on any atom is -0.457 e. The van der Waals surface area contributed by atoms with Crippen LogP contribution in [0.5, 0.6) is 11.5 Å². The monoisotopic (exact) mass is 880 g/mol. The molecule has 0 bridgehead atoms. The molecule has 0 aliphatic carbocycles. The molecule has 11 rings (SSSR count). The molecule has 0 spiro atoms. The van der Waals surface area contributed by atoms with Gasteiger partial charge in [0.25, 0.3) is 0 Å². The second-order valence-electron chi connectivity index (χ2n) is 19.0. The smallest absolute Gasteiger partial charge is 0.137 e. The Kier molecular flexibility index (Phi) is 7.86. The van der Waals surface area contributed by atoms with Gasteiger partial charge in [-0.25, -0.2) is 4.98 Å². The minimum absolute atomic E-state index is 0.0824. The molecule has 2 aliphatic rings. The lowest BCUT2D eigenvalue weighted by Crippen LogP contribution is -2.25. The van der Waals surface area contributed by atoms with Crippen LogP contribution in [0.15, 0.2) is 206 Å². The Bertz CT molecular complexity index is 3760. The lowest BCUT2D eigenvalue weighted by molar-refractivity contribution is 0.483. The molecular weight excluding hydrogens is 817 g/mol. The average Bonchev–Trinajstić information content (AvgIpc) is 3.92. The highest BCUT2D eigenvalue weighted by Crippen LogP contribution is 2.54. The first-order valence-electron chi connectivity index (χ1n) is 27.5. The van der Waals surface area contributed by atoms with Gasteiger partial charge in [0.15, 0.2) is 0 Å². The van der Waals surface area contributed by atoms with E-state index in [-0.39, 0.29) is 34.3 Å². The molecule has 5 heteroatoms. The molecule has 0 saturated carbocycles. The summed E-state index contributed by atoms with van der Waals surface area (Å²) < 4.78 is 96.2. The summed E-state index contributed by atoms with van der Waals surface area (Å²) in [6, 6.07) is 41.2. The number of para-hydroxylation sites is 3. The van der Waals surface area contributed by atoms with Crippen molar-refractivity contribution in [1.82, 2.24) is 4.98 Å². The summed E-state index contributed by atoms with van der Waals surface area (Å²) in [6.07, 6.45) is 1.87. The SMILES string of the molecule is [2H]c1c([2H])c([2H])c(-c2cc(C(C)(C)C)cc(-c3c([2H])c([2H])c([2H])c([2H])c3[2H])c2N2CN(c3cccc(Oc4ccc5c(c4)N(c4cc(C(C)(C)C)ccn4)c4ccccc4-c4ccccc4-5)c3)c3ccccc32)c([2H])c1[2H]. The first-order chi connectivity index (χ1) is 36.6. The Morgan fingerprint density at radius 2 is 1.01 bits per heavy atom. The largest absolute Gasteiger partial charge is 0.457 e. The number of hydrogen-bond donors (Lipinski definition) is 0. The van der Waals surface area contributed by atoms with Crippen LogP contribution < -0.4 is 19.4 Å². The van der Waals surface area contributed by atoms with Crippen LogP contribution >= 0.6 is 0 Å². The van der Waals surface area contributed by atoms with Crippen molar-refractivity contribution in [3.63, 3.8) is 0 Å². The van der Waals surface area contributed by atoms with Crippen LogP contribution in [0, 0.1) is 0 Å². The maximum absolute atomic E-state index is 9.29. The third-order valence-electron chi connectivity index (χ3n) is 12.6. The van der Waals surface area contributed by atoms with E-state index in [2.05, 4.69) is 97.3 Å². The Hall–Kier alpha value is -7.89. The summed E-state index contributed by atoms with van der Waals surface area (Å²) in [7, 11) is 0. The van der Waals surface area contributed by atoms with Crippen LogP contribution in [0.4, 0.5) is 39.9 Å². The third kappa shape index (κ3) is 7.70. The van der Waals surface area contributed by atoms with E-state index < -0.39 is 65.8 Å². The predicted octanol–water partition coefficient (Wildman–Crippen LogP) is 17.2. The maximum atomic E-state index is 9.29. The van der Waals surface area contributed by atoms with Crippen LogP contribution in [0.2, 0.25) is 0 Å². The van der Waals surface area contributed by atoms with Crippen LogP contribution in [0.3, 0.4) is 0 Å². The van der Waals surface area contributed by atoms with E-state index in [9.17, 15) is 5.48 Å².